The van der Waals surface area contributed by atoms with Crippen molar-refractivity contribution in [1.82, 2.24) is 14.5 Å². The van der Waals surface area contributed by atoms with Crippen LogP contribution >= 0.6 is 11.3 Å². The number of hydrogen-bond donors (Lipinski definition) is 0. The molecule has 0 aliphatic rings. The van der Waals surface area contributed by atoms with Gasteiger partial charge in [0.1, 0.15) is 0 Å². The summed E-state index contributed by atoms with van der Waals surface area (Å²) < 4.78 is 5.00. The predicted molar refractivity (Wildman–Crippen MR) is 193 cm³/mol. The van der Waals surface area contributed by atoms with Crippen LogP contribution in [0.3, 0.4) is 0 Å². The highest BCUT2D eigenvalue weighted by molar-refractivity contribution is 7.26. The second-order valence-corrected chi connectivity index (χ2v) is 12.5. The summed E-state index contributed by atoms with van der Waals surface area (Å²) in [7, 11) is 0. The molecule has 4 heteroatoms. The molecule has 0 saturated carbocycles. The Kier molecular flexibility index (Phi) is 6.32. The quantitative estimate of drug-likeness (QED) is 0.195. The normalized spacial score (nSPS) is 11.5. The first-order valence-electron chi connectivity index (χ1n) is 15.4. The molecule has 216 valence electrons. The monoisotopic (exact) mass is 605 g/mol. The maximum atomic E-state index is 5.13. The van der Waals surface area contributed by atoms with Crippen LogP contribution in [0.4, 0.5) is 0 Å². The highest BCUT2D eigenvalue weighted by Gasteiger charge is 2.19. The number of benzene rings is 6. The van der Waals surface area contributed by atoms with Crippen molar-refractivity contribution in [2.75, 3.05) is 0 Å². The highest BCUT2D eigenvalue weighted by atomic mass is 32.1. The molecule has 0 radical (unpaired) electrons. The molecule has 0 unspecified atom stereocenters. The highest BCUT2D eigenvalue weighted by Crippen LogP contribution is 2.43. The zero-order valence-electron chi connectivity index (χ0n) is 24.8. The van der Waals surface area contributed by atoms with Crippen LogP contribution in [0, 0.1) is 0 Å². The summed E-state index contributed by atoms with van der Waals surface area (Å²) in [5, 5.41) is 2.50. The topological polar surface area (TPSA) is 30.7 Å². The zero-order chi connectivity index (χ0) is 30.5. The Hall–Kier alpha value is -5.84. The van der Waals surface area contributed by atoms with Crippen LogP contribution in [0.15, 0.2) is 164 Å². The molecule has 6 aromatic carbocycles. The van der Waals surface area contributed by atoms with Crippen molar-refractivity contribution < 1.29 is 0 Å². The minimum atomic E-state index is 0.711. The lowest BCUT2D eigenvalue weighted by atomic mass is 10.1. The van der Waals surface area contributed by atoms with Crippen molar-refractivity contribution in [3.8, 4) is 50.7 Å². The number of rotatable bonds is 5. The molecule has 3 nitrogen and oxygen atoms in total. The molecule has 0 spiro atoms. The Morgan fingerprint density at radius 3 is 1.63 bits per heavy atom. The minimum absolute atomic E-state index is 0.711. The van der Waals surface area contributed by atoms with E-state index in [1.54, 1.807) is 0 Å². The molecule has 0 fully saturated rings. The Morgan fingerprint density at radius 1 is 0.435 bits per heavy atom. The van der Waals surface area contributed by atoms with Gasteiger partial charge in [-0.2, -0.15) is 0 Å². The molecule has 0 saturated heterocycles. The molecule has 3 heterocycles. The molecular formula is C42H27N3S. The lowest BCUT2D eigenvalue weighted by molar-refractivity contribution is 1.17. The fourth-order valence-electron chi connectivity index (χ4n) is 6.40. The van der Waals surface area contributed by atoms with Gasteiger partial charge in [-0.25, -0.2) is 9.97 Å². The molecule has 46 heavy (non-hydrogen) atoms. The maximum Gasteiger partial charge on any atom is 0.160 e. The van der Waals surface area contributed by atoms with Gasteiger partial charge in [-0.3, -0.25) is 0 Å². The van der Waals surface area contributed by atoms with E-state index in [0.29, 0.717) is 5.82 Å². The van der Waals surface area contributed by atoms with Crippen molar-refractivity contribution in [3.63, 3.8) is 0 Å². The van der Waals surface area contributed by atoms with Gasteiger partial charge >= 0.3 is 0 Å². The lowest BCUT2D eigenvalue weighted by Gasteiger charge is -2.12. The van der Waals surface area contributed by atoms with Crippen LogP contribution in [0.25, 0.3) is 81.9 Å². The van der Waals surface area contributed by atoms with E-state index in [1.807, 2.05) is 23.5 Å². The number of aromatic nitrogens is 3. The molecule has 0 bridgehead atoms. The van der Waals surface area contributed by atoms with Crippen molar-refractivity contribution in [2.45, 2.75) is 0 Å². The van der Waals surface area contributed by atoms with E-state index < -0.39 is 0 Å². The van der Waals surface area contributed by atoms with Crippen molar-refractivity contribution in [3.05, 3.63) is 164 Å². The van der Waals surface area contributed by atoms with Crippen molar-refractivity contribution in [2.24, 2.45) is 0 Å². The van der Waals surface area contributed by atoms with Crippen LogP contribution in [0.1, 0.15) is 0 Å². The molecular weight excluding hydrogens is 579 g/mol. The zero-order valence-corrected chi connectivity index (χ0v) is 25.7. The second kappa shape index (κ2) is 11.0. The Bertz CT molecular complexity index is 2440. The maximum absolute atomic E-state index is 5.13. The fraction of sp³-hybridized carbons (Fsp3) is 0. The number of nitrogens with zero attached hydrogens (tertiary/aromatic N) is 3. The van der Waals surface area contributed by atoms with Gasteiger partial charge < -0.3 is 4.57 Å². The van der Waals surface area contributed by atoms with E-state index in [-0.39, 0.29) is 0 Å². The van der Waals surface area contributed by atoms with Gasteiger partial charge in [0.05, 0.1) is 27.1 Å². The molecule has 0 aliphatic carbocycles. The average molecular weight is 606 g/mol. The van der Waals surface area contributed by atoms with Crippen LogP contribution < -0.4 is 0 Å². The van der Waals surface area contributed by atoms with Gasteiger partial charge in [-0.05, 0) is 41.5 Å². The van der Waals surface area contributed by atoms with E-state index in [9.17, 15) is 0 Å². The summed E-state index contributed by atoms with van der Waals surface area (Å²) in [5.74, 6) is 0.711. The fourth-order valence-corrected chi connectivity index (χ4v) is 7.62. The van der Waals surface area contributed by atoms with Crippen LogP contribution in [-0.4, -0.2) is 14.5 Å². The van der Waals surface area contributed by atoms with Gasteiger partial charge in [-0.15, -0.1) is 11.3 Å². The summed E-state index contributed by atoms with van der Waals surface area (Å²) in [6, 6.07) is 57.7. The van der Waals surface area contributed by atoms with Gasteiger partial charge in [-0.1, -0.05) is 133 Å². The van der Waals surface area contributed by atoms with E-state index in [4.69, 9.17) is 9.97 Å². The first-order valence-corrected chi connectivity index (χ1v) is 16.2. The number of fused-ring (bicyclic) bond motifs is 5. The number of hydrogen-bond acceptors (Lipinski definition) is 3. The Balaban J connectivity index is 1.27. The van der Waals surface area contributed by atoms with Crippen molar-refractivity contribution >= 4 is 42.5 Å². The summed E-state index contributed by atoms with van der Waals surface area (Å²) in [4.78, 5) is 10.3. The van der Waals surface area contributed by atoms with Crippen LogP contribution in [0.5, 0.6) is 0 Å². The van der Waals surface area contributed by atoms with Crippen LogP contribution in [0.2, 0.25) is 0 Å². The van der Waals surface area contributed by atoms with Crippen LogP contribution in [-0.2, 0) is 0 Å². The summed E-state index contributed by atoms with van der Waals surface area (Å²) in [6.07, 6.45) is 0. The van der Waals surface area contributed by atoms with Gasteiger partial charge in [0.2, 0.25) is 0 Å². The first-order chi connectivity index (χ1) is 22.8. The molecule has 0 atom stereocenters. The predicted octanol–water partition coefficient (Wildman–Crippen LogP) is 11.5. The molecule has 0 aliphatic heterocycles. The Labute approximate surface area is 270 Å². The summed E-state index contributed by atoms with van der Waals surface area (Å²) >= 11 is 1.86. The molecule has 9 aromatic rings. The SMILES string of the molecule is c1ccc(-c2ccc(-n3c4cc(-c5nc(-c6ccccc6)cc(-c6ccccc6)n5)ccc4c4sc5ccccc5c43)cc2)cc1. The minimum Gasteiger partial charge on any atom is -0.308 e. The molecule has 0 amide bonds. The van der Waals surface area contributed by atoms with Gasteiger partial charge in [0.15, 0.2) is 5.82 Å². The standard InChI is InChI=1S/C42H27N3S/c1-4-12-28(13-5-1)29-20-23-33(24-21-29)45-38-26-32(22-25-34(38)41-40(45)35-18-10-11-19-39(35)46-41)42-43-36(30-14-6-2-7-15-30)27-37(44-42)31-16-8-3-9-17-31/h1-27H. The summed E-state index contributed by atoms with van der Waals surface area (Å²) in [5.41, 5.74) is 10.9. The largest absolute Gasteiger partial charge is 0.308 e. The molecule has 3 aromatic heterocycles. The van der Waals surface area contributed by atoms with Crippen molar-refractivity contribution in [1.29, 1.82) is 0 Å². The third kappa shape index (κ3) is 4.50. The Morgan fingerprint density at radius 2 is 0.978 bits per heavy atom. The van der Waals surface area contributed by atoms with E-state index in [2.05, 4.69) is 156 Å². The number of thiophene rings is 1. The lowest BCUT2D eigenvalue weighted by Crippen LogP contribution is -1.97. The third-order valence-electron chi connectivity index (χ3n) is 8.63. The molecule has 9 rings (SSSR count). The summed E-state index contributed by atoms with van der Waals surface area (Å²) in [6.45, 7) is 0. The van der Waals surface area contributed by atoms with E-state index in [0.717, 1.165) is 39.3 Å². The third-order valence-corrected chi connectivity index (χ3v) is 9.83. The van der Waals surface area contributed by atoms with Gasteiger partial charge in [0.25, 0.3) is 0 Å². The first kappa shape index (κ1) is 26.6. The van der Waals surface area contributed by atoms with E-state index in [1.165, 1.54) is 36.8 Å². The average Bonchev–Trinajstić information content (AvgIpc) is 3.67. The molecule has 0 N–H and O–H groups in total. The van der Waals surface area contributed by atoms with Gasteiger partial charge in [0, 0.05) is 37.9 Å². The smallest absolute Gasteiger partial charge is 0.160 e. The second-order valence-electron chi connectivity index (χ2n) is 11.5. The van der Waals surface area contributed by atoms with E-state index >= 15 is 0 Å².